The zero-order valence-corrected chi connectivity index (χ0v) is 59.1. The number of nitrogens with zero attached hydrogens (tertiary/aromatic N) is 1. The van der Waals surface area contributed by atoms with Crippen LogP contribution in [0.1, 0.15) is 348 Å². The summed E-state index contributed by atoms with van der Waals surface area (Å²) in [5, 5.41) is 9.76. The first kappa shape index (κ1) is 85.5. The van der Waals surface area contributed by atoms with Crippen molar-refractivity contribution in [3.63, 3.8) is 0 Å². The molecule has 0 aliphatic rings. The van der Waals surface area contributed by atoms with Crippen LogP contribution in [0, 0.1) is 0 Å². The number of aliphatic carboxylic acids is 1. The van der Waals surface area contributed by atoms with Gasteiger partial charge in [-0.05, 0) is 89.9 Å². The third kappa shape index (κ3) is 71.8. The van der Waals surface area contributed by atoms with Crippen LogP contribution in [0.5, 0.6) is 0 Å². The van der Waals surface area contributed by atoms with Crippen molar-refractivity contribution < 1.29 is 42.9 Å². The highest BCUT2D eigenvalue weighted by Crippen LogP contribution is 2.19. The lowest BCUT2D eigenvalue weighted by Gasteiger charge is -2.25. The molecule has 0 aromatic heterocycles. The Kier molecular flexibility index (Phi) is 67.6. The van der Waals surface area contributed by atoms with Crippen molar-refractivity contribution in [2.45, 2.75) is 360 Å². The van der Waals surface area contributed by atoms with Crippen molar-refractivity contribution >= 4 is 17.9 Å². The summed E-state index contributed by atoms with van der Waals surface area (Å²) < 4.78 is 23.0. The number of hydrogen-bond donors (Lipinski definition) is 1. The summed E-state index contributed by atoms with van der Waals surface area (Å²) >= 11 is 0. The number of likely N-dealkylation sites (N-methyl/N-ethyl adjacent to an activating group) is 1. The summed E-state index contributed by atoms with van der Waals surface area (Å²) in [7, 11) is 5.99. The molecule has 0 saturated carbocycles. The van der Waals surface area contributed by atoms with Crippen molar-refractivity contribution in [1.82, 2.24) is 0 Å². The number of hydrogen-bond acceptors (Lipinski definition) is 7. The van der Waals surface area contributed by atoms with Gasteiger partial charge in [-0.3, -0.25) is 9.59 Å². The van der Waals surface area contributed by atoms with Crippen LogP contribution >= 0.6 is 0 Å². The Labute approximate surface area is 550 Å². The molecule has 9 heteroatoms. The number of rotatable bonds is 70. The van der Waals surface area contributed by atoms with E-state index in [-0.39, 0.29) is 38.2 Å². The quantitative estimate of drug-likeness (QED) is 0.0211. The third-order valence-corrected chi connectivity index (χ3v) is 16.6. The van der Waals surface area contributed by atoms with Gasteiger partial charge in [0.25, 0.3) is 6.29 Å². The Morgan fingerprint density at radius 2 is 0.640 bits per heavy atom. The van der Waals surface area contributed by atoms with Crippen LogP contribution in [-0.4, -0.2) is 87.4 Å². The highest BCUT2D eigenvalue weighted by Gasteiger charge is 2.25. The SMILES string of the molecule is CC/C=C\C/C=C\C/C=C\C/C=C\CCCCCCCCCCCCCCCCCCCCCCCCCCC(=O)OC(COC(=O)CCCCCCCCCCCCCC/C=C\C/C=C\C/C=C\CCCCCCC)COC(OCC[N+](C)(C)C)C(=O)O. The Morgan fingerprint density at radius 1 is 0.348 bits per heavy atom. The topological polar surface area (TPSA) is 108 Å². The van der Waals surface area contributed by atoms with Gasteiger partial charge in [-0.15, -0.1) is 0 Å². The lowest BCUT2D eigenvalue weighted by atomic mass is 10.0. The second kappa shape index (κ2) is 70.3. The molecule has 9 nitrogen and oxygen atoms in total. The molecule has 0 heterocycles. The molecule has 2 atom stereocenters. The van der Waals surface area contributed by atoms with E-state index in [0.29, 0.717) is 17.4 Å². The Morgan fingerprint density at radius 3 is 0.955 bits per heavy atom. The minimum Gasteiger partial charge on any atom is -0.477 e. The van der Waals surface area contributed by atoms with E-state index in [2.05, 4.69) is 98.9 Å². The molecule has 1 N–H and O–H groups in total. The van der Waals surface area contributed by atoms with E-state index in [4.69, 9.17) is 18.9 Å². The van der Waals surface area contributed by atoms with Crippen LogP contribution in [-0.2, 0) is 33.3 Å². The molecule has 2 unspecified atom stereocenters. The number of carboxylic acid groups (broad SMARTS) is 1. The summed E-state index contributed by atoms with van der Waals surface area (Å²) in [6, 6.07) is 0. The number of allylic oxidation sites excluding steroid dienone is 14. The maximum Gasteiger partial charge on any atom is 0.361 e. The Hall–Kier alpha value is -3.53. The number of quaternary nitrogens is 1. The van der Waals surface area contributed by atoms with Crippen LogP contribution in [0.25, 0.3) is 0 Å². The molecule has 0 aliphatic heterocycles. The molecule has 0 bridgehead atoms. The van der Waals surface area contributed by atoms with Crippen LogP contribution in [0.3, 0.4) is 0 Å². The number of unbranched alkanes of at least 4 members (excludes halogenated alkanes) is 41. The van der Waals surface area contributed by atoms with Crippen LogP contribution in [0.4, 0.5) is 0 Å². The molecule has 89 heavy (non-hydrogen) atoms. The minimum absolute atomic E-state index is 0.182. The summed E-state index contributed by atoms with van der Waals surface area (Å²) in [5.41, 5.74) is 0. The van der Waals surface area contributed by atoms with Crippen molar-refractivity contribution in [3.05, 3.63) is 85.1 Å². The van der Waals surface area contributed by atoms with Crippen LogP contribution in [0.2, 0.25) is 0 Å². The maximum absolute atomic E-state index is 13.0. The summed E-state index contributed by atoms with van der Waals surface area (Å²) in [5.74, 6) is -1.99. The molecule has 0 fully saturated rings. The van der Waals surface area contributed by atoms with Gasteiger partial charge in [0, 0.05) is 12.8 Å². The van der Waals surface area contributed by atoms with Gasteiger partial charge in [-0.1, -0.05) is 330 Å². The first-order chi connectivity index (χ1) is 43.6. The monoisotopic (exact) mass is 1250 g/mol. The first-order valence-electron chi connectivity index (χ1n) is 37.8. The number of carbonyl (C=O) groups is 3. The van der Waals surface area contributed by atoms with E-state index in [1.807, 2.05) is 21.1 Å². The summed E-state index contributed by atoms with van der Waals surface area (Å²) in [6.07, 6.45) is 92.9. The molecule has 0 aromatic carbocycles. The summed E-state index contributed by atoms with van der Waals surface area (Å²) in [4.78, 5) is 37.7. The lowest BCUT2D eigenvalue weighted by molar-refractivity contribution is -0.870. The van der Waals surface area contributed by atoms with Crippen LogP contribution in [0.15, 0.2) is 85.1 Å². The maximum atomic E-state index is 13.0. The molecule has 0 spiro atoms. The zero-order valence-electron chi connectivity index (χ0n) is 59.1. The molecule has 0 aromatic rings. The molecule has 0 rings (SSSR count). The number of esters is 2. The zero-order chi connectivity index (χ0) is 64.7. The predicted molar refractivity (Wildman–Crippen MR) is 382 cm³/mol. The molecule has 0 aliphatic carbocycles. The highest BCUT2D eigenvalue weighted by atomic mass is 16.7. The smallest absolute Gasteiger partial charge is 0.361 e. The van der Waals surface area contributed by atoms with Crippen molar-refractivity contribution in [2.75, 3.05) is 47.5 Å². The van der Waals surface area contributed by atoms with Gasteiger partial charge in [-0.25, -0.2) is 4.79 Å². The Bertz CT molecular complexity index is 1740. The third-order valence-electron chi connectivity index (χ3n) is 16.6. The molecule has 0 radical (unpaired) electrons. The van der Waals surface area contributed by atoms with Gasteiger partial charge >= 0.3 is 17.9 Å². The van der Waals surface area contributed by atoms with E-state index in [1.165, 1.54) is 244 Å². The largest absolute Gasteiger partial charge is 0.477 e. The van der Waals surface area contributed by atoms with Gasteiger partial charge in [0.05, 0.1) is 34.4 Å². The van der Waals surface area contributed by atoms with Gasteiger partial charge in [0.2, 0.25) is 0 Å². The number of carboxylic acids is 1. The fraction of sp³-hybridized carbons (Fsp3) is 0.787. The molecular formula is C80H144NO8+. The number of ether oxygens (including phenoxy) is 4. The van der Waals surface area contributed by atoms with Gasteiger partial charge < -0.3 is 28.5 Å². The van der Waals surface area contributed by atoms with Crippen LogP contribution < -0.4 is 0 Å². The summed E-state index contributed by atoms with van der Waals surface area (Å²) in [6.45, 7) is 4.80. The van der Waals surface area contributed by atoms with Crippen molar-refractivity contribution in [3.8, 4) is 0 Å². The molecule has 0 saturated heterocycles. The van der Waals surface area contributed by atoms with Gasteiger partial charge in [0.15, 0.2) is 6.10 Å². The van der Waals surface area contributed by atoms with E-state index in [9.17, 15) is 19.5 Å². The average Bonchev–Trinajstić information content (AvgIpc) is 3.70. The molecule has 0 amide bonds. The van der Waals surface area contributed by atoms with Crippen molar-refractivity contribution in [2.24, 2.45) is 0 Å². The van der Waals surface area contributed by atoms with E-state index >= 15 is 0 Å². The second-order valence-corrected chi connectivity index (χ2v) is 26.6. The molecular weight excluding hydrogens is 1100 g/mol. The predicted octanol–water partition coefficient (Wildman–Crippen LogP) is 23.8. The lowest BCUT2D eigenvalue weighted by Crippen LogP contribution is -2.40. The fourth-order valence-corrected chi connectivity index (χ4v) is 10.9. The van der Waals surface area contributed by atoms with E-state index in [1.54, 1.807) is 0 Å². The normalized spacial score (nSPS) is 13.1. The number of carbonyl (C=O) groups excluding carboxylic acids is 2. The molecule has 516 valence electrons. The Balaban J connectivity index is 4.02. The second-order valence-electron chi connectivity index (χ2n) is 26.6. The van der Waals surface area contributed by atoms with E-state index in [0.717, 1.165) is 77.0 Å². The minimum atomic E-state index is -1.51. The van der Waals surface area contributed by atoms with Gasteiger partial charge in [-0.2, -0.15) is 0 Å². The fourth-order valence-electron chi connectivity index (χ4n) is 10.9. The van der Waals surface area contributed by atoms with Crippen molar-refractivity contribution in [1.29, 1.82) is 0 Å². The van der Waals surface area contributed by atoms with Gasteiger partial charge in [0.1, 0.15) is 13.2 Å². The standard InChI is InChI=1S/C80H143NO8/c1-6-8-10-12-14-16-18-20-22-24-26-28-30-32-34-35-36-37-38-39-40-41-42-43-45-47-49-51-53-55-57-59-61-63-65-67-69-71-78(83)89-76(75-88-80(79(84)85)86-73-72-81(3,4)5)74-87-77(82)70-68-66-64-62-60-58-56-54-52-50-48-46-44-33-31-29-27-25-23-21-19-17-15-13-11-9-7-2/h8,10,14,16,19-22,25-28,31,33,76,80H,6-7,9,11-13,15,17-18,23-24,29-30,32,34-75H2,1-5H3/p+1/b10-8-,16-14-,21-19-,22-20-,27-25-,28-26-,33-31-. The first-order valence-corrected chi connectivity index (χ1v) is 37.8. The highest BCUT2D eigenvalue weighted by molar-refractivity contribution is 5.71. The average molecular weight is 1250 g/mol. The van der Waals surface area contributed by atoms with E-state index < -0.39 is 18.4 Å².